The first-order valence-corrected chi connectivity index (χ1v) is 11.8. The van der Waals surface area contributed by atoms with Gasteiger partial charge in [0.05, 0.1) is 13.5 Å². The molecule has 172 valence electrons. The number of nitrogens with one attached hydrogen (secondary N) is 1. The summed E-state index contributed by atoms with van der Waals surface area (Å²) in [7, 11) is 1.33. The predicted molar refractivity (Wildman–Crippen MR) is 133 cm³/mol. The third-order valence-electron chi connectivity index (χ3n) is 5.48. The molecule has 0 aromatic heterocycles. The summed E-state index contributed by atoms with van der Waals surface area (Å²) in [6.45, 7) is 0.944. The quantitative estimate of drug-likeness (QED) is 0.174. The van der Waals surface area contributed by atoms with E-state index in [0.717, 1.165) is 25.1 Å². The van der Waals surface area contributed by atoms with Crippen LogP contribution in [0.3, 0.4) is 0 Å². The van der Waals surface area contributed by atoms with E-state index in [4.69, 9.17) is 0 Å². The molecular formula is C28H37NO3. The van der Waals surface area contributed by atoms with Crippen molar-refractivity contribution in [3.8, 4) is 0 Å². The van der Waals surface area contributed by atoms with E-state index in [1.54, 1.807) is 0 Å². The molecule has 4 nitrogen and oxygen atoms in total. The van der Waals surface area contributed by atoms with E-state index in [2.05, 4.69) is 46.5 Å². The molecule has 32 heavy (non-hydrogen) atoms. The van der Waals surface area contributed by atoms with Crippen molar-refractivity contribution in [2.24, 2.45) is 0 Å². The van der Waals surface area contributed by atoms with E-state index in [0.29, 0.717) is 5.56 Å². The minimum absolute atomic E-state index is 0.0332. The van der Waals surface area contributed by atoms with Gasteiger partial charge in [-0.15, -0.1) is 0 Å². The van der Waals surface area contributed by atoms with Crippen molar-refractivity contribution < 1.29 is 14.3 Å². The minimum Gasteiger partial charge on any atom is -0.469 e. The number of benzene rings is 2. The van der Waals surface area contributed by atoms with Crippen LogP contribution in [0, 0.1) is 0 Å². The normalized spacial score (nSPS) is 10.9. The van der Waals surface area contributed by atoms with Crippen molar-refractivity contribution in [1.82, 2.24) is 0 Å². The molecule has 0 heterocycles. The largest absolute Gasteiger partial charge is 0.469 e. The molecule has 0 bridgehead atoms. The summed E-state index contributed by atoms with van der Waals surface area (Å²) < 4.78 is 4.57. The van der Waals surface area contributed by atoms with Crippen LogP contribution in [-0.2, 0) is 9.53 Å². The molecule has 0 aliphatic carbocycles. The zero-order valence-corrected chi connectivity index (χ0v) is 19.4. The van der Waals surface area contributed by atoms with Crippen molar-refractivity contribution in [2.45, 2.75) is 64.2 Å². The fraction of sp³-hybridized carbons (Fsp3) is 0.429. The maximum absolute atomic E-state index is 12.1. The lowest BCUT2D eigenvalue weighted by Crippen LogP contribution is -2.06. The first-order chi connectivity index (χ1) is 15.7. The summed E-state index contributed by atoms with van der Waals surface area (Å²) in [5.74, 6) is -0.387. The van der Waals surface area contributed by atoms with Crippen LogP contribution in [0.2, 0.25) is 0 Å². The lowest BCUT2D eigenvalue weighted by atomic mass is 10.1. The lowest BCUT2D eigenvalue weighted by molar-refractivity contribution is -0.140. The number of carbonyl (C=O) groups is 2. The fourth-order valence-corrected chi connectivity index (χ4v) is 3.52. The Morgan fingerprint density at radius 1 is 0.812 bits per heavy atom. The van der Waals surface area contributed by atoms with Crippen molar-refractivity contribution in [1.29, 1.82) is 0 Å². The van der Waals surface area contributed by atoms with E-state index >= 15 is 0 Å². The molecule has 0 saturated heterocycles. The van der Waals surface area contributed by atoms with E-state index in [9.17, 15) is 9.59 Å². The number of unbranched alkanes of at least 4 members (excludes halogenated alkanes) is 7. The van der Waals surface area contributed by atoms with Crippen LogP contribution >= 0.6 is 0 Å². The van der Waals surface area contributed by atoms with Gasteiger partial charge in [0.2, 0.25) is 0 Å². The molecule has 0 aliphatic rings. The van der Waals surface area contributed by atoms with Gasteiger partial charge in [-0.25, -0.2) is 0 Å². The van der Waals surface area contributed by atoms with Crippen LogP contribution in [0.15, 0.2) is 60.7 Å². The highest BCUT2D eigenvalue weighted by Gasteiger charge is 2.09. The Balaban J connectivity index is 1.45. The van der Waals surface area contributed by atoms with Crippen LogP contribution < -0.4 is 5.32 Å². The predicted octanol–water partition coefficient (Wildman–Crippen LogP) is 7.07. The molecule has 0 saturated carbocycles. The zero-order chi connectivity index (χ0) is 22.9. The van der Waals surface area contributed by atoms with Gasteiger partial charge in [0.15, 0.2) is 5.78 Å². The molecular weight excluding hydrogens is 398 g/mol. The maximum Gasteiger partial charge on any atom is 0.305 e. The molecule has 0 radical (unpaired) electrons. The first kappa shape index (κ1) is 25.4. The summed E-state index contributed by atoms with van der Waals surface area (Å²) in [6.07, 6.45) is 14.9. The van der Waals surface area contributed by atoms with Gasteiger partial charge in [0.25, 0.3) is 0 Å². The summed E-state index contributed by atoms with van der Waals surface area (Å²) in [4.78, 5) is 23.2. The van der Waals surface area contributed by atoms with Crippen LogP contribution in [-0.4, -0.2) is 25.4 Å². The number of hydrogen-bond donors (Lipinski definition) is 1. The number of anilines is 1. The average molecular weight is 436 g/mol. The Labute approximate surface area is 193 Å². The van der Waals surface area contributed by atoms with Crippen molar-refractivity contribution >= 4 is 23.5 Å². The number of Topliss-reactive ketones (excluding diaryl/α,β-unsaturated/α-hetero) is 1. The first-order valence-electron chi connectivity index (χ1n) is 11.8. The molecule has 4 heteroatoms. The highest BCUT2D eigenvalue weighted by Crippen LogP contribution is 2.14. The monoisotopic (exact) mass is 435 g/mol. The van der Waals surface area contributed by atoms with Crippen molar-refractivity contribution in [3.05, 3.63) is 71.8 Å². The van der Waals surface area contributed by atoms with E-state index in [1.165, 1.54) is 51.2 Å². The molecule has 2 aromatic rings. The van der Waals surface area contributed by atoms with Gasteiger partial charge >= 0.3 is 5.97 Å². The topological polar surface area (TPSA) is 55.4 Å². The second-order valence-electron chi connectivity index (χ2n) is 8.08. The molecule has 0 amide bonds. The Morgan fingerprint density at radius 3 is 2.16 bits per heavy atom. The van der Waals surface area contributed by atoms with Gasteiger partial charge in [-0.2, -0.15) is 0 Å². The third kappa shape index (κ3) is 10.9. The van der Waals surface area contributed by atoms with Crippen LogP contribution in [0.5, 0.6) is 0 Å². The zero-order valence-electron chi connectivity index (χ0n) is 19.4. The molecule has 0 aliphatic heterocycles. The molecule has 0 atom stereocenters. The molecule has 0 fully saturated rings. The van der Waals surface area contributed by atoms with E-state index in [1.807, 2.05) is 30.3 Å². The average Bonchev–Trinajstić information content (AvgIpc) is 2.84. The number of ketones is 1. The second-order valence-corrected chi connectivity index (χ2v) is 8.08. The van der Waals surface area contributed by atoms with Gasteiger partial charge in [-0.05, 0) is 49.1 Å². The number of ether oxygens (including phenoxy) is 1. The smallest absolute Gasteiger partial charge is 0.305 e. The van der Waals surface area contributed by atoms with E-state index < -0.39 is 0 Å². The Hall–Kier alpha value is -2.88. The highest BCUT2D eigenvalue weighted by atomic mass is 16.5. The summed E-state index contributed by atoms with van der Waals surface area (Å²) in [5.41, 5.74) is 2.94. The molecule has 0 spiro atoms. The van der Waals surface area contributed by atoms with Gasteiger partial charge in [-0.3, -0.25) is 9.59 Å². The van der Waals surface area contributed by atoms with Gasteiger partial charge < -0.3 is 10.1 Å². The van der Waals surface area contributed by atoms with E-state index in [-0.39, 0.29) is 24.6 Å². The number of esters is 1. The summed E-state index contributed by atoms with van der Waals surface area (Å²) in [5, 5.41) is 3.42. The van der Waals surface area contributed by atoms with Crippen molar-refractivity contribution in [3.63, 3.8) is 0 Å². The maximum atomic E-state index is 12.1. The molecule has 1 N–H and O–H groups in total. The number of carbonyl (C=O) groups excluding carboxylic acids is 2. The lowest BCUT2D eigenvalue weighted by Gasteiger charge is -2.07. The highest BCUT2D eigenvalue weighted by molar-refractivity contribution is 5.97. The number of allylic oxidation sites excluding steroid dienone is 1. The summed E-state index contributed by atoms with van der Waals surface area (Å²) >= 11 is 0. The second kappa shape index (κ2) is 15.9. The number of rotatable bonds is 16. The molecule has 2 aromatic carbocycles. The number of methoxy groups -OCH3 is 1. The Bertz CT molecular complexity index is 812. The standard InChI is InChI=1S/C28H37NO3/c1-32-28(31)22-21-27(30)25-17-19-26(20-18-25)29-23-13-8-6-4-2-3-5-7-10-14-24-15-11-9-12-16-24/h9-12,14-20,29H,2-8,13,21-23H2,1H3. The Kier molecular flexibility index (Phi) is 12.6. The minimum atomic E-state index is -0.354. The van der Waals surface area contributed by atoms with Crippen LogP contribution in [0.1, 0.15) is 80.1 Å². The van der Waals surface area contributed by atoms with Gasteiger partial charge in [-0.1, -0.05) is 74.6 Å². The third-order valence-corrected chi connectivity index (χ3v) is 5.48. The summed E-state index contributed by atoms with van der Waals surface area (Å²) in [6, 6.07) is 18.0. The SMILES string of the molecule is COC(=O)CCC(=O)c1ccc(NCCCCCCCCCC=Cc2ccccc2)cc1. The van der Waals surface area contributed by atoms with Crippen LogP contribution in [0.4, 0.5) is 5.69 Å². The number of hydrogen-bond acceptors (Lipinski definition) is 4. The van der Waals surface area contributed by atoms with Gasteiger partial charge in [0, 0.05) is 24.2 Å². The van der Waals surface area contributed by atoms with Gasteiger partial charge in [0.1, 0.15) is 0 Å². The fourth-order valence-electron chi connectivity index (χ4n) is 3.52. The molecule has 2 rings (SSSR count). The van der Waals surface area contributed by atoms with Crippen LogP contribution in [0.25, 0.3) is 6.08 Å². The molecule has 0 unspecified atom stereocenters. The Morgan fingerprint density at radius 2 is 1.47 bits per heavy atom. The van der Waals surface area contributed by atoms with Crippen molar-refractivity contribution in [2.75, 3.05) is 19.0 Å².